The van der Waals surface area contributed by atoms with Crippen molar-refractivity contribution in [2.45, 2.75) is 13.5 Å². The molecular weight excluding hydrogens is 266 g/mol. The summed E-state index contributed by atoms with van der Waals surface area (Å²) >= 11 is 0. The Labute approximate surface area is 124 Å². The molecule has 1 aromatic carbocycles. The largest absolute Gasteiger partial charge is 0.495 e. The van der Waals surface area contributed by atoms with Crippen molar-refractivity contribution >= 4 is 11.6 Å². The second-order valence-electron chi connectivity index (χ2n) is 4.62. The number of amides is 1. The third-order valence-electron chi connectivity index (χ3n) is 3.08. The predicted molar refractivity (Wildman–Crippen MR) is 82.3 cm³/mol. The van der Waals surface area contributed by atoms with Crippen LogP contribution in [0.3, 0.4) is 0 Å². The molecule has 1 amide bonds. The van der Waals surface area contributed by atoms with E-state index in [1.165, 1.54) is 0 Å². The van der Waals surface area contributed by atoms with E-state index in [1.54, 1.807) is 25.4 Å². The fraction of sp³-hybridized carbons (Fsp3) is 0.250. The lowest BCUT2D eigenvalue weighted by Gasteiger charge is -2.10. The number of hydrogen-bond acceptors (Lipinski definition) is 4. The molecule has 21 heavy (non-hydrogen) atoms. The van der Waals surface area contributed by atoms with Crippen molar-refractivity contribution in [3.05, 3.63) is 53.9 Å². The molecule has 0 aliphatic rings. The minimum absolute atomic E-state index is 0.118. The molecule has 5 nitrogen and oxygen atoms in total. The maximum Gasteiger partial charge on any atom is 0.238 e. The van der Waals surface area contributed by atoms with E-state index in [-0.39, 0.29) is 12.5 Å². The number of hydrogen-bond donors (Lipinski definition) is 2. The highest BCUT2D eigenvalue weighted by Crippen LogP contribution is 2.22. The lowest BCUT2D eigenvalue weighted by atomic mass is 10.2. The van der Waals surface area contributed by atoms with E-state index < -0.39 is 0 Å². The molecule has 1 heterocycles. The van der Waals surface area contributed by atoms with Crippen LogP contribution in [0.2, 0.25) is 0 Å². The molecule has 0 saturated heterocycles. The van der Waals surface area contributed by atoms with Crippen molar-refractivity contribution in [3.8, 4) is 5.75 Å². The summed E-state index contributed by atoms with van der Waals surface area (Å²) in [4.78, 5) is 16.2. The molecule has 0 atom stereocenters. The van der Waals surface area contributed by atoms with Crippen molar-refractivity contribution in [1.82, 2.24) is 10.3 Å². The number of aryl methyl sites for hydroxylation is 1. The van der Waals surface area contributed by atoms with Crippen LogP contribution in [0.1, 0.15) is 11.3 Å². The summed E-state index contributed by atoms with van der Waals surface area (Å²) in [5.41, 5.74) is 2.72. The molecule has 5 heteroatoms. The Kier molecular flexibility index (Phi) is 5.29. The third-order valence-corrected chi connectivity index (χ3v) is 3.08. The highest BCUT2D eigenvalue weighted by atomic mass is 16.5. The number of methoxy groups -OCH3 is 1. The van der Waals surface area contributed by atoms with Crippen molar-refractivity contribution in [2.75, 3.05) is 19.0 Å². The molecule has 0 bridgehead atoms. The minimum atomic E-state index is -0.118. The molecule has 0 aliphatic heterocycles. The molecule has 0 saturated carbocycles. The van der Waals surface area contributed by atoms with Gasteiger partial charge in [0, 0.05) is 12.7 Å². The van der Waals surface area contributed by atoms with Gasteiger partial charge < -0.3 is 15.4 Å². The van der Waals surface area contributed by atoms with Crippen LogP contribution in [-0.4, -0.2) is 24.5 Å². The van der Waals surface area contributed by atoms with E-state index in [0.717, 1.165) is 11.3 Å². The minimum Gasteiger partial charge on any atom is -0.495 e. The van der Waals surface area contributed by atoms with Crippen LogP contribution in [-0.2, 0) is 11.3 Å². The van der Waals surface area contributed by atoms with Crippen LogP contribution in [0.25, 0.3) is 0 Å². The van der Waals surface area contributed by atoms with Crippen molar-refractivity contribution in [3.63, 3.8) is 0 Å². The Hall–Kier alpha value is -2.40. The first-order valence-electron chi connectivity index (χ1n) is 6.75. The molecule has 2 aromatic rings. The fourth-order valence-electron chi connectivity index (χ4n) is 1.94. The van der Waals surface area contributed by atoms with Crippen molar-refractivity contribution in [1.29, 1.82) is 0 Å². The second-order valence-corrected chi connectivity index (χ2v) is 4.62. The summed E-state index contributed by atoms with van der Waals surface area (Å²) in [6.07, 6.45) is 1.75. The summed E-state index contributed by atoms with van der Waals surface area (Å²) in [5.74, 6) is 0.527. The maximum atomic E-state index is 11.9. The zero-order chi connectivity index (χ0) is 15.1. The third kappa shape index (κ3) is 4.29. The lowest BCUT2D eigenvalue weighted by Crippen LogP contribution is -2.28. The summed E-state index contributed by atoms with van der Waals surface area (Å²) in [7, 11) is 1.58. The van der Waals surface area contributed by atoms with Crippen molar-refractivity contribution < 1.29 is 9.53 Å². The van der Waals surface area contributed by atoms with Gasteiger partial charge in [0.25, 0.3) is 0 Å². The number of pyridine rings is 1. The smallest absolute Gasteiger partial charge is 0.238 e. The molecule has 0 fully saturated rings. The van der Waals surface area contributed by atoms with E-state index in [9.17, 15) is 4.79 Å². The molecule has 0 spiro atoms. The predicted octanol–water partition coefficient (Wildman–Crippen LogP) is 2.13. The SMILES string of the molecule is COc1ccccc1NC(=O)CNCc1ncccc1C. The van der Waals surface area contributed by atoms with Gasteiger partial charge in [-0.1, -0.05) is 18.2 Å². The van der Waals surface area contributed by atoms with Gasteiger partial charge in [0.2, 0.25) is 5.91 Å². The highest BCUT2D eigenvalue weighted by Gasteiger charge is 2.07. The van der Waals surface area contributed by atoms with E-state index in [1.807, 2.05) is 31.2 Å². The van der Waals surface area contributed by atoms with E-state index >= 15 is 0 Å². The number of benzene rings is 1. The standard InChI is InChI=1S/C16H19N3O2/c1-12-6-5-9-18-14(12)10-17-11-16(20)19-13-7-3-4-8-15(13)21-2/h3-9,17H,10-11H2,1-2H3,(H,19,20). The van der Waals surface area contributed by atoms with Crippen LogP contribution in [0.4, 0.5) is 5.69 Å². The Balaban J connectivity index is 1.84. The number of ether oxygens (including phenoxy) is 1. The van der Waals surface area contributed by atoms with Gasteiger partial charge in [-0.05, 0) is 30.7 Å². The normalized spacial score (nSPS) is 10.2. The second kappa shape index (κ2) is 7.40. The van der Waals surface area contributed by atoms with Crippen LogP contribution in [0, 0.1) is 6.92 Å². The van der Waals surface area contributed by atoms with Crippen LogP contribution >= 0.6 is 0 Å². The number of anilines is 1. The average molecular weight is 285 g/mol. The number of para-hydroxylation sites is 2. The van der Waals surface area contributed by atoms with Gasteiger partial charge in [-0.3, -0.25) is 9.78 Å². The summed E-state index contributed by atoms with van der Waals surface area (Å²) in [6.45, 7) is 2.78. The first kappa shape index (κ1) is 15.0. The van der Waals surface area contributed by atoms with Gasteiger partial charge in [0.1, 0.15) is 5.75 Å². The summed E-state index contributed by atoms with van der Waals surface area (Å²) < 4.78 is 5.19. The number of rotatable bonds is 6. The molecule has 0 radical (unpaired) electrons. The Bertz CT molecular complexity index is 614. The molecule has 110 valence electrons. The Morgan fingerprint density at radius 3 is 2.81 bits per heavy atom. The highest BCUT2D eigenvalue weighted by molar-refractivity contribution is 5.93. The quantitative estimate of drug-likeness (QED) is 0.853. The molecule has 1 aromatic heterocycles. The topological polar surface area (TPSA) is 63.2 Å². The first-order valence-corrected chi connectivity index (χ1v) is 6.75. The lowest BCUT2D eigenvalue weighted by molar-refractivity contribution is -0.115. The zero-order valence-electron chi connectivity index (χ0n) is 12.2. The van der Waals surface area contributed by atoms with E-state index in [4.69, 9.17) is 4.74 Å². The number of nitrogens with one attached hydrogen (secondary N) is 2. The molecule has 2 rings (SSSR count). The van der Waals surface area contributed by atoms with Crippen LogP contribution in [0.5, 0.6) is 5.75 Å². The van der Waals surface area contributed by atoms with Crippen LogP contribution < -0.4 is 15.4 Å². The van der Waals surface area contributed by atoms with Gasteiger partial charge in [0.15, 0.2) is 0 Å². The average Bonchev–Trinajstić information content (AvgIpc) is 2.50. The Morgan fingerprint density at radius 2 is 2.05 bits per heavy atom. The van der Waals surface area contributed by atoms with Crippen molar-refractivity contribution in [2.24, 2.45) is 0 Å². The van der Waals surface area contributed by atoms with Gasteiger partial charge in [0.05, 0.1) is 25.0 Å². The maximum absolute atomic E-state index is 11.9. The van der Waals surface area contributed by atoms with Gasteiger partial charge in [-0.25, -0.2) is 0 Å². The number of aromatic nitrogens is 1. The van der Waals surface area contributed by atoms with Gasteiger partial charge in [-0.2, -0.15) is 0 Å². The molecule has 0 aliphatic carbocycles. The number of carbonyl (C=O) groups excluding carboxylic acids is 1. The monoisotopic (exact) mass is 285 g/mol. The van der Waals surface area contributed by atoms with E-state index in [0.29, 0.717) is 18.0 Å². The fourth-order valence-corrected chi connectivity index (χ4v) is 1.94. The number of nitrogens with zero attached hydrogens (tertiary/aromatic N) is 1. The molecular formula is C16H19N3O2. The number of carbonyl (C=O) groups is 1. The summed E-state index contributed by atoms with van der Waals surface area (Å²) in [6, 6.07) is 11.2. The zero-order valence-corrected chi connectivity index (χ0v) is 12.2. The van der Waals surface area contributed by atoms with Gasteiger partial charge in [-0.15, -0.1) is 0 Å². The van der Waals surface area contributed by atoms with Crippen LogP contribution in [0.15, 0.2) is 42.6 Å². The summed E-state index contributed by atoms with van der Waals surface area (Å²) in [5, 5.41) is 5.90. The first-order chi connectivity index (χ1) is 10.2. The van der Waals surface area contributed by atoms with Gasteiger partial charge >= 0.3 is 0 Å². The molecule has 2 N–H and O–H groups in total. The van der Waals surface area contributed by atoms with E-state index in [2.05, 4.69) is 15.6 Å². The Morgan fingerprint density at radius 1 is 1.24 bits per heavy atom. The molecule has 0 unspecified atom stereocenters.